The first-order chi connectivity index (χ1) is 11.2. The van der Waals surface area contributed by atoms with E-state index in [9.17, 15) is 0 Å². The van der Waals surface area contributed by atoms with Gasteiger partial charge in [-0.25, -0.2) is 9.50 Å². The highest BCUT2D eigenvalue weighted by Gasteiger charge is 2.28. The van der Waals surface area contributed by atoms with Crippen LogP contribution < -0.4 is 5.32 Å². The first-order valence-electron chi connectivity index (χ1n) is 8.22. The van der Waals surface area contributed by atoms with Crippen molar-refractivity contribution < 1.29 is 0 Å². The normalized spacial score (nSPS) is 21.3. The Morgan fingerprint density at radius 2 is 2.17 bits per heavy atom. The molecule has 3 aromatic rings. The summed E-state index contributed by atoms with van der Waals surface area (Å²) in [6.45, 7) is 1.09. The number of fused-ring (bicyclic) bond motifs is 1. The smallest absolute Gasteiger partial charge is 0.0921 e. The molecule has 1 N–H and O–H groups in total. The van der Waals surface area contributed by atoms with Crippen LogP contribution >= 0.6 is 0 Å². The quantitative estimate of drug-likeness (QED) is 0.803. The van der Waals surface area contributed by atoms with E-state index in [0.29, 0.717) is 5.92 Å². The Hall–Kier alpha value is -2.21. The zero-order valence-electron chi connectivity index (χ0n) is 13.6. The van der Waals surface area contributed by atoms with Crippen LogP contribution in [0.25, 0.3) is 16.8 Å². The average molecular weight is 310 g/mol. The second kappa shape index (κ2) is 5.77. The molecule has 0 radical (unpaired) electrons. The van der Waals surface area contributed by atoms with Gasteiger partial charge in [-0.05, 0) is 44.8 Å². The Morgan fingerprint density at radius 1 is 1.26 bits per heavy atom. The Bertz CT molecular complexity index is 817. The van der Waals surface area contributed by atoms with Crippen LogP contribution in [0, 0.1) is 5.92 Å². The van der Waals surface area contributed by atoms with Gasteiger partial charge in [0.25, 0.3) is 0 Å². The van der Waals surface area contributed by atoms with Gasteiger partial charge in [0, 0.05) is 24.7 Å². The zero-order valence-corrected chi connectivity index (χ0v) is 13.6. The van der Waals surface area contributed by atoms with Gasteiger partial charge in [0.15, 0.2) is 0 Å². The number of nitrogens with one attached hydrogen (secondary N) is 1. The number of aryl methyl sites for hydroxylation is 1. The van der Waals surface area contributed by atoms with Gasteiger partial charge in [-0.1, -0.05) is 0 Å². The first-order valence-corrected chi connectivity index (χ1v) is 8.22. The molecule has 120 valence electrons. The molecule has 1 aliphatic carbocycles. The highest BCUT2D eigenvalue weighted by molar-refractivity contribution is 5.62. The van der Waals surface area contributed by atoms with Gasteiger partial charge >= 0.3 is 0 Å². The van der Waals surface area contributed by atoms with Gasteiger partial charge in [0.2, 0.25) is 0 Å². The summed E-state index contributed by atoms with van der Waals surface area (Å²) in [5.74, 6) is 1.26. The SMILES string of the molecule is CNCC1CCC(c2nc(-c3cnn(C)c3)cn3nccc23)C1. The van der Waals surface area contributed by atoms with Crippen molar-refractivity contribution in [3.63, 3.8) is 0 Å². The van der Waals surface area contributed by atoms with Crippen LogP contribution in [0.15, 0.2) is 30.9 Å². The maximum atomic E-state index is 5.00. The van der Waals surface area contributed by atoms with E-state index in [1.165, 1.54) is 25.0 Å². The van der Waals surface area contributed by atoms with E-state index in [1.54, 1.807) is 0 Å². The average Bonchev–Trinajstić information content (AvgIpc) is 3.26. The molecule has 0 amide bonds. The predicted octanol–water partition coefficient (Wildman–Crippen LogP) is 2.23. The van der Waals surface area contributed by atoms with Crippen LogP contribution in [0.3, 0.4) is 0 Å². The van der Waals surface area contributed by atoms with Crippen LogP contribution in [0.1, 0.15) is 30.9 Å². The minimum absolute atomic E-state index is 0.518. The van der Waals surface area contributed by atoms with Crippen molar-refractivity contribution in [1.82, 2.24) is 29.7 Å². The van der Waals surface area contributed by atoms with Crippen LogP contribution in [0.4, 0.5) is 0 Å². The predicted molar refractivity (Wildman–Crippen MR) is 89.2 cm³/mol. The molecule has 6 nitrogen and oxygen atoms in total. The lowest BCUT2D eigenvalue weighted by atomic mass is 10.00. The largest absolute Gasteiger partial charge is 0.319 e. The molecule has 2 atom stereocenters. The fourth-order valence-corrected chi connectivity index (χ4v) is 3.74. The van der Waals surface area contributed by atoms with Crippen LogP contribution in [0.2, 0.25) is 0 Å². The first kappa shape index (κ1) is 14.4. The molecule has 6 heteroatoms. The molecule has 3 aromatic heterocycles. The lowest BCUT2D eigenvalue weighted by molar-refractivity contribution is 0.507. The molecule has 0 spiro atoms. The van der Waals surface area contributed by atoms with E-state index in [-0.39, 0.29) is 0 Å². The van der Waals surface area contributed by atoms with Crippen molar-refractivity contribution in [1.29, 1.82) is 0 Å². The van der Waals surface area contributed by atoms with Gasteiger partial charge in [-0.3, -0.25) is 4.68 Å². The molecule has 0 aromatic carbocycles. The van der Waals surface area contributed by atoms with E-state index < -0.39 is 0 Å². The Kier molecular flexibility index (Phi) is 3.61. The number of hydrogen-bond acceptors (Lipinski definition) is 4. The molecule has 1 aliphatic rings. The molecule has 23 heavy (non-hydrogen) atoms. The summed E-state index contributed by atoms with van der Waals surface area (Å²) in [7, 11) is 3.96. The minimum atomic E-state index is 0.518. The zero-order chi connectivity index (χ0) is 15.8. The molecule has 3 heterocycles. The van der Waals surface area contributed by atoms with Crippen molar-refractivity contribution in [2.24, 2.45) is 13.0 Å². The van der Waals surface area contributed by atoms with Gasteiger partial charge in [-0.2, -0.15) is 10.2 Å². The molecule has 4 rings (SSSR count). The number of rotatable bonds is 4. The number of aromatic nitrogens is 5. The van der Waals surface area contributed by atoms with Crippen molar-refractivity contribution in [3.8, 4) is 11.3 Å². The highest BCUT2D eigenvalue weighted by Crippen LogP contribution is 2.39. The van der Waals surface area contributed by atoms with Crippen LogP contribution in [-0.4, -0.2) is 38.0 Å². The molecule has 0 aliphatic heterocycles. The third-order valence-electron chi connectivity index (χ3n) is 4.84. The molecule has 1 fully saturated rings. The second-order valence-electron chi connectivity index (χ2n) is 6.51. The van der Waals surface area contributed by atoms with Gasteiger partial charge < -0.3 is 5.32 Å². The lowest BCUT2D eigenvalue weighted by Gasteiger charge is -2.13. The Morgan fingerprint density at radius 3 is 2.96 bits per heavy atom. The number of nitrogens with zero attached hydrogens (tertiary/aromatic N) is 5. The van der Waals surface area contributed by atoms with E-state index in [0.717, 1.165) is 29.2 Å². The summed E-state index contributed by atoms with van der Waals surface area (Å²) < 4.78 is 3.76. The monoisotopic (exact) mass is 310 g/mol. The third-order valence-corrected chi connectivity index (χ3v) is 4.84. The van der Waals surface area contributed by atoms with Crippen molar-refractivity contribution in [2.75, 3.05) is 13.6 Å². The molecule has 1 saturated carbocycles. The summed E-state index contributed by atoms with van der Waals surface area (Å²) >= 11 is 0. The minimum Gasteiger partial charge on any atom is -0.319 e. The van der Waals surface area contributed by atoms with E-state index in [4.69, 9.17) is 4.98 Å². The molecule has 2 unspecified atom stereocenters. The second-order valence-corrected chi connectivity index (χ2v) is 6.51. The van der Waals surface area contributed by atoms with E-state index >= 15 is 0 Å². The fraction of sp³-hybridized carbons (Fsp3) is 0.471. The highest BCUT2D eigenvalue weighted by atomic mass is 15.2. The topological polar surface area (TPSA) is 60.0 Å². The summed E-state index contributed by atoms with van der Waals surface area (Å²) in [5.41, 5.74) is 4.30. The fourth-order valence-electron chi connectivity index (χ4n) is 3.74. The maximum absolute atomic E-state index is 5.00. The van der Waals surface area contributed by atoms with Gasteiger partial charge in [-0.15, -0.1) is 0 Å². The summed E-state index contributed by atoms with van der Waals surface area (Å²) in [4.78, 5) is 5.00. The Labute approximate surface area is 135 Å². The molecule has 0 bridgehead atoms. The lowest BCUT2D eigenvalue weighted by Crippen LogP contribution is -2.16. The van der Waals surface area contributed by atoms with Gasteiger partial charge in [0.05, 0.1) is 35.5 Å². The standard InChI is InChI=1S/C17H22N6/c1-18-8-12-3-4-13(7-12)17-16-5-6-19-23(16)11-15(21-17)14-9-20-22(2)10-14/h5-6,9-13,18H,3-4,7-8H2,1-2H3. The van der Waals surface area contributed by atoms with Crippen LogP contribution in [-0.2, 0) is 7.05 Å². The molecular formula is C17H22N6. The van der Waals surface area contributed by atoms with Crippen molar-refractivity contribution in [3.05, 3.63) is 36.5 Å². The molecular weight excluding hydrogens is 288 g/mol. The van der Waals surface area contributed by atoms with Crippen molar-refractivity contribution >= 4 is 5.52 Å². The van der Waals surface area contributed by atoms with Crippen LogP contribution in [0.5, 0.6) is 0 Å². The van der Waals surface area contributed by atoms with Gasteiger partial charge in [0.1, 0.15) is 0 Å². The van der Waals surface area contributed by atoms with Crippen molar-refractivity contribution in [2.45, 2.75) is 25.2 Å². The van der Waals surface area contributed by atoms with E-state index in [1.807, 2.05) is 48.1 Å². The van der Waals surface area contributed by atoms with E-state index in [2.05, 4.69) is 21.6 Å². The summed E-state index contributed by atoms with van der Waals surface area (Å²) in [5, 5.41) is 12.0. The Balaban J connectivity index is 1.75. The molecule has 0 saturated heterocycles. The maximum Gasteiger partial charge on any atom is 0.0921 e. The summed E-state index contributed by atoms with van der Waals surface area (Å²) in [6.07, 6.45) is 11.4. The third kappa shape index (κ3) is 2.63. The number of hydrogen-bond donors (Lipinski definition) is 1. The summed E-state index contributed by atoms with van der Waals surface area (Å²) in [6, 6.07) is 2.07.